The molecule has 0 atom stereocenters. The number of hydrogen-bond acceptors (Lipinski definition) is 6. The lowest BCUT2D eigenvalue weighted by molar-refractivity contribution is 0.224. The topological polar surface area (TPSA) is 38.7 Å². The molecule has 4 rings (SSSR count). The van der Waals surface area contributed by atoms with E-state index in [1.807, 2.05) is 12.1 Å². The highest BCUT2D eigenvalue weighted by Gasteiger charge is 2.27. The highest BCUT2D eigenvalue weighted by molar-refractivity contribution is 5.55. The number of anilines is 3. The SMILES string of the molecule is CCN(C)c1nc(N2CCN(c3ccc(F)cc3)CC2)nc2c1CN(CC(C)C)CC2. The van der Waals surface area contributed by atoms with E-state index in [-0.39, 0.29) is 5.82 Å². The van der Waals surface area contributed by atoms with Crippen molar-refractivity contribution >= 4 is 17.5 Å². The summed E-state index contributed by atoms with van der Waals surface area (Å²) >= 11 is 0. The van der Waals surface area contributed by atoms with Gasteiger partial charge in [0.05, 0.1) is 5.69 Å². The number of piperazine rings is 1. The highest BCUT2D eigenvalue weighted by atomic mass is 19.1. The van der Waals surface area contributed by atoms with E-state index in [4.69, 9.17) is 9.97 Å². The number of benzene rings is 1. The van der Waals surface area contributed by atoms with E-state index in [0.29, 0.717) is 5.92 Å². The third kappa shape index (κ3) is 4.92. The van der Waals surface area contributed by atoms with Crippen LogP contribution in [0, 0.1) is 11.7 Å². The summed E-state index contributed by atoms with van der Waals surface area (Å²) in [6, 6.07) is 6.78. The molecule has 0 amide bonds. The Morgan fingerprint density at radius 1 is 1.00 bits per heavy atom. The van der Waals surface area contributed by atoms with Crippen LogP contribution in [-0.4, -0.2) is 67.7 Å². The summed E-state index contributed by atoms with van der Waals surface area (Å²) in [5.74, 6) is 2.40. The Labute approximate surface area is 185 Å². The molecule has 7 heteroatoms. The van der Waals surface area contributed by atoms with Crippen molar-refractivity contribution in [2.75, 3.05) is 67.6 Å². The molecular weight excluding hydrogens is 391 g/mol. The van der Waals surface area contributed by atoms with Crippen LogP contribution in [0.5, 0.6) is 0 Å². The van der Waals surface area contributed by atoms with E-state index < -0.39 is 0 Å². The Balaban J connectivity index is 1.52. The van der Waals surface area contributed by atoms with Gasteiger partial charge in [-0.3, -0.25) is 4.90 Å². The number of rotatable bonds is 6. The average Bonchev–Trinajstić information content (AvgIpc) is 2.78. The van der Waals surface area contributed by atoms with Gasteiger partial charge in [0, 0.05) is 77.1 Å². The highest BCUT2D eigenvalue weighted by Crippen LogP contribution is 2.29. The molecule has 6 nitrogen and oxygen atoms in total. The van der Waals surface area contributed by atoms with Crippen LogP contribution in [0.1, 0.15) is 32.0 Å². The van der Waals surface area contributed by atoms with Gasteiger partial charge in [-0.25, -0.2) is 9.37 Å². The first kappa shape index (κ1) is 21.8. The second kappa shape index (κ2) is 9.39. The van der Waals surface area contributed by atoms with E-state index in [2.05, 4.69) is 47.4 Å². The zero-order valence-electron chi connectivity index (χ0n) is 19.3. The smallest absolute Gasteiger partial charge is 0.227 e. The van der Waals surface area contributed by atoms with Crippen LogP contribution in [0.2, 0.25) is 0 Å². The van der Waals surface area contributed by atoms with Crippen molar-refractivity contribution in [2.24, 2.45) is 5.92 Å². The quantitative estimate of drug-likeness (QED) is 0.705. The molecule has 0 N–H and O–H groups in total. The maximum Gasteiger partial charge on any atom is 0.227 e. The molecule has 1 aromatic carbocycles. The largest absolute Gasteiger partial charge is 0.368 e. The summed E-state index contributed by atoms with van der Waals surface area (Å²) in [6.07, 6.45) is 0.984. The summed E-state index contributed by atoms with van der Waals surface area (Å²) in [7, 11) is 2.13. The molecule has 0 spiro atoms. The first-order valence-electron chi connectivity index (χ1n) is 11.5. The normalized spacial score (nSPS) is 17.2. The molecule has 3 heterocycles. The fourth-order valence-corrected chi connectivity index (χ4v) is 4.54. The van der Waals surface area contributed by atoms with E-state index >= 15 is 0 Å². The van der Waals surface area contributed by atoms with Crippen LogP contribution in [0.25, 0.3) is 0 Å². The molecule has 2 aliphatic rings. The Morgan fingerprint density at radius 2 is 1.68 bits per heavy atom. The minimum atomic E-state index is -0.190. The lowest BCUT2D eigenvalue weighted by Crippen LogP contribution is -2.47. The van der Waals surface area contributed by atoms with Crippen molar-refractivity contribution in [1.82, 2.24) is 14.9 Å². The van der Waals surface area contributed by atoms with Crippen LogP contribution in [0.15, 0.2) is 24.3 Å². The number of hydrogen-bond donors (Lipinski definition) is 0. The second-order valence-corrected chi connectivity index (χ2v) is 9.12. The zero-order chi connectivity index (χ0) is 22.0. The van der Waals surface area contributed by atoms with Gasteiger partial charge in [0.15, 0.2) is 0 Å². The second-order valence-electron chi connectivity index (χ2n) is 9.12. The van der Waals surface area contributed by atoms with Gasteiger partial charge in [0.2, 0.25) is 5.95 Å². The third-order valence-electron chi connectivity index (χ3n) is 6.32. The van der Waals surface area contributed by atoms with E-state index in [1.165, 1.54) is 23.4 Å². The minimum Gasteiger partial charge on any atom is -0.368 e. The number of nitrogens with zero attached hydrogens (tertiary/aromatic N) is 6. The number of halogens is 1. The Kier molecular flexibility index (Phi) is 6.60. The first-order chi connectivity index (χ1) is 14.9. The molecule has 0 saturated carbocycles. The average molecular weight is 427 g/mol. The summed E-state index contributed by atoms with van der Waals surface area (Å²) in [5, 5.41) is 0. The van der Waals surface area contributed by atoms with E-state index in [9.17, 15) is 4.39 Å². The molecule has 1 saturated heterocycles. The van der Waals surface area contributed by atoms with Gasteiger partial charge in [-0.2, -0.15) is 4.98 Å². The first-order valence-corrected chi connectivity index (χ1v) is 11.5. The Hall–Kier alpha value is -2.41. The van der Waals surface area contributed by atoms with Gasteiger partial charge in [0.1, 0.15) is 11.6 Å². The molecule has 31 heavy (non-hydrogen) atoms. The molecule has 0 aliphatic carbocycles. The van der Waals surface area contributed by atoms with E-state index in [1.54, 1.807) is 0 Å². The van der Waals surface area contributed by atoms with Gasteiger partial charge in [-0.15, -0.1) is 0 Å². The van der Waals surface area contributed by atoms with Crippen molar-refractivity contribution in [3.63, 3.8) is 0 Å². The predicted octanol–water partition coefficient (Wildman–Crippen LogP) is 3.41. The van der Waals surface area contributed by atoms with Crippen LogP contribution in [0.3, 0.4) is 0 Å². The fraction of sp³-hybridized carbons (Fsp3) is 0.583. The van der Waals surface area contributed by atoms with Gasteiger partial charge in [-0.1, -0.05) is 13.8 Å². The molecule has 168 valence electrons. The zero-order valence-corrected chi connectivity index (χ0v) is 19.3. The predicted molar refractivity (Wildman–Crippen MR) is 126 cm³/mol. The van der Waals surface area contributed by atoms with Gasteiger partial charge in [0.25, 0.3) is 0 Å². The minimum absolute atomic E-state index is 0.190. The van der Waals surface area contributed by atoms with Crippen molar-refractivity contribution in [3.8, 4) is 0 Å². The van der Waals surface area contributed by atoms with Gasteiger partial charge in [-0.05, 0) is 37.1 Å². The third-order valence-corrected chi connectivity index (χ3v) is 6.32. The Morgan fingerprint density at radius 3 is 2.32 bits per heavy atom. The molecule has 0 radical (unpaired) electrons. The number of aromatic nitrogens is 2. The molecule has 0 bridgehead atoms. The fourth-order valence-electron chi connectivity index (χ4n) is 4.54. The molecule has 1 fully saturated rings. The summed E-state index contributed by atoms with van der Waals surface area (Å²) in [5.41, 5.74) is 3.58. The van der Waals surface area contributed by atoms with Crippen LogP contribution < -0.4 is 14.7 Å². The molecule has 2 aliphatic heterocycles. The lowest BCUT2D eigenvalue weighted by Gasteiger charge is -2.37. The monoisotopic (exact) mass is 426 g/mol. The van der Waals surface area contributed by atoms with Crippen LogP contribution in [0.4, 0.5) is 21.8 Å². The van der Waals surface area contributed by atoms with Gasteiger partial charge < -0.3 is 14.7 Å². The molecular formula is C24H35FN6. The van der Waals surface area contributed by atoms with Gasteiger partial charge >= 0.3 is 0 Å². The van der Waals surface area contributed by atoms with Crippen molar-refractivity contribution in [1.29, 1.82) is 0 Å². The maximum absolute atomic E-state index is 13.2. The lowest BCUT2D eigenvalue weighted by atomic mass is 10.0. The number of fused-ring (bicyclic) bond motifs is 1. The maximum atomic E-state index is 13.2. The van der Waals surface area contributed by atoms with E-state index in [0.717, 1.165) is 76.2 Å². The standard InChI is InChI=1S/C24H35FN6/c1-5-28(4)23-21-17-29(16-18(2)3)11-10-22(21)26-24(27-23)31-14-12-30(13-15-31)20-8-6-19(25)7-9-20/h6-9,18H,5,10-17H2,1-4H3. The summed E-state index contributed by atoms with van der Waals surface area (Å²) in [4.78, 5) is 19.5. The van der Waals surface area contributed by atoms with Crippen molar-refractivity contribution in [2.45, 2.75) is 33.7 Å². The van der Waals surface area contributed by atoms with Crippen LogP contribution in [-0.2, 0) is 13.0 Å². The summed E-state index contributed by atoms with van der Waals surface area (Å²) in [6.45, 7) is 14.3. The molecule has 2 aromatic rings. The van der Waals surface area contributed by atoms with Crippen molar-refractivity contribution < 1.29 is 4.39 Å². The van der Waals surface area contributed by atoms with Crippen molar-refractivity contribution in [3.05, 3.63) is 41.3 Å². The van der Waals surface area contributed by atoms with Crippen LogP contribution >= 0.6 is 0 Å². The Bertz CT molecular complexity index is 876. The molecule has 1 aromatic heterocycles. The summed E-state index contributed by atoms with van der Waals surface area (Å²) < 4.78 is 13.2. The molecule has 0 unspecified atom stereocenters.